The maximum Gasteiger partial charge on any atom is 0.254 e. The molecular weight excluding hydrogens is 380 g/mol. The Kier molecular flexibility index (Phi) is 5.93. The SMILES string of the molecule is COc1ccc(NC(=O)[C@@H]2C[C@@H]3CCCC[C@H]3N2C(=O)c2ccccc2)cc1OC. The second-order valence-corrected chi connectivity index (χ2v) is 8.00. The number of nitrogens with one attached hydrogen (secondary N) is 1. The molecule has 2 amide bonds. The molecule has 3 atom stereocenters. The molecule has 158 valence electrons. The van der Waals surface area contributed by atoms with Crippen LogP contribution in [0.2, 0.25) is 0 Å². The summed E-state index contributed by atoms with van der Waals surface area (Å²) in [7, 11) is 3.13. The highest BCUT2D eigenvalue weighted by Gasteiger charge is 2.47. The van der Waals surface area contributed by atoms with Gasteiger partial charge in [0.1, 0.15) is 6.04 Å². The van der Waals surface area contributed by atoms with Crippen LogP contribution in [0.1, 0.15) is 42.5 Å². The maximum absolute atomic E-state index is 13.4. The van der Waals surface area contributed by atoms with Crippen molar-refractivity contribution < 1.29 is 19.1 Å². The van der Waals surface area contributed by atoms with Gasteiger partial charge in [-0.3, -0.25) is 9.59 Å². The van der Waals surface area contributed by atoms with E-state index in [1.165, 1.54) is 6.42 Å². The summed E-state index contributed by atoms with van der Waals surface area (Å²) in [4.78, 5) is 28.5. The Morgan fingerprint density at radius 2 is 1.70 bits per heavy atom. The topological polar surface area (TPSA) is 67.9 Å². The minimum Gasteiger partial charge on any atom is -0.493 e. The molecule has 1 saturated heterocycles. The highest BCUT2D eigenvalue weighted by atomic mass is 16.5. The number of anilines is 1. The van der Waals surface area contributed by atoms with Crippen LogP contribution in [0.3, 0.4) is 0 Å². The predicted octanol–water partition coefficient (Wildman–Crippen LogP) is 4.12. The van der Waals surface area contributed by atoms with Crippen LogP contribution >= 0.6 is 0 Å². The van der Waals surface area contributed by atoms with Crippen molar-refractivity contribution in [3.05, 3.63) is 54.1 Å². The lowest BCUT2D eigenvalue weighted by atomic mass is 9.84. The van der Waals surface area contributed by atoms with Crippen molar-refractivity contribution in [3.63, 3.8) is 0 Å². The number of rotatable bonds is 5. The Balaban J connectivity index is 1.59. The average Bonchev–Trinajstić information content (AvgIpc) is 3.19. The molecule has 1 saturated carbocycles. The van der Waals surface area contributed by atoms with E-state index in [0.717, 1.165) is 19.3 Å². The zero-order valence-electron chi connectivity index (χ0n) is 17.5. The van der Waals surface area contributed by atoms with E-state index in [1.807, 2.05) is 35.2 Å². The van der Waals surface area contributed by atoms with E-state index in [4.69, 9.17) is 9.47 Å². The molecule has 1 aliphatic heterocycles. The third kappa shape index (κ3) is 3.86. The Morgan fingerprint density at radius 3 is 2.43 bits per heavy atom. The van der Waals surface area contributed by atoms with Gasteiger partial charge in [-0.1, -0.05) is 31.0 Å². The fraction of sp³-hybridized carbons (Fsp3) is 0.417. The summed E-state index contributed by atoms with van der Waals surface area (Å²) in [6.07, 6.45) is 5.01. The lowest BCUT2D eigenvalue weighted by Gasteiger charge is -2.33. The summed E-state index contributed by atoms with van der Waals surface area (Å²) < 4.78 is 10.6. The second-order valence-electron chi connectivity index (χ2n) is 8.00. The third-order valence-electron chi connectivity index (χ3n) is 6.30. The minimum atomic E-state index is -0.473. The number of methoxy groups -OCH3 is 2. The van der Waals surface area contributed by atoms with Crippen LogP contribution in [0.5, 0.6) is 11.5 Å². The molecule has 0 aromatic heterocycles. The van der Waals surface area contributed by atoms with Crippen LogP contribution < -0.4 is 14.8 Å². The molecule has 1 aliphatic carbocycles. The molecule has 6 nitrogen and oxygen atoms in total. The van der Waals surface area contributed by atoms with Gasteiger partial charge in [0.2, 0.25) is 5.91 Å². The van der Waals surface area contributed by atoms with Crippen molar-refractivity contribution in [1.82, 2.24) is 4.90 Å². The van der Waals surface area contributed by atoms with Crippen LogP contribution in [0.25, 0.3) is 0 Å². The van der Waals surface area contributed by atoms with E-state index in [1.54, 1.807) is 32.4 Å². The van der Waals surface area contributed by atoms with Crippen molar-refractivity contribution in [2.24, 2.45) is 5.92 Å². The number of ether oxygens (including phenoxy) is 2. The molecule has 2 aliphatic rings. The number of benzene rings is 2. The normalized spacial score (nSPS) is 22.9. The third-order valence-corrected chi connectivity index (χ3v) is 6.30. The van der Waals surface area contributed by atoms with Crippen molar-refractivity contribution in [2.75, 3.05) is 19.5 Å². The van der Waals surface area contributed by atoms with Crippen molar-refractivity contribution in [1.29, 1.82) is 0 Å². The van der Waals surface area contributed by atoms with Gasteiger partial charge >= 0.3 is 0 Å². The molecule has 0 spiro atoms. The minimum absolute atomic E-state index is 0.0579. The number of fused-ring (bicyclic) bond motifs is 1. The molecular formula is C24H28N2O4. The number of hydrogen-bond donors (Lipinski definition) is 1. The summed E-state index contributed by atoms with van der Waals surface area (Å²) in [6, 6.07) is 14.2. The molecule has 2 aromatic rings. The van der Waals surface area contributed by atoms with Gasteiger partial charge in [-0.2, -0.15) is 0 Å². The van der Waals surface area contributed by atoms with Crippen LogP contribution in [0.15, 0.2) is 48.5 Å². The van der Waals surface area contributed by atoms with Crippen LogP contribution in [0, 0.1) is 5.92 Å². The zero-order chi connectivity index (χ0) is 21.1. The monoisotopic (exact) mass is 408 g/mol. The number of hydrogen-bond acceptors (Lipinski definition) is 4. The Morgan fingerprint density at radius 1 is 0.967 bits per heavy atom. The lowest BCUT2D eigenvalue weighted by Crippen LogP contribution is -2.47. The Bertz CT molecular complexity index is 915. The first-order chi connectivity index (χ1) is 14.6. The summed E-state index contributed by atoms with van der Waals surface area (Å²) in [5.41, 5.74) is 1.26. The first-order valence-corrected chi connectivity index (χ1v) is 10.5. The van der Waals surface area contributed by atoms with E-state index < -0.39 is 6.04 Å². The average molecular weight is 408 g/mol. The zero-order valence-corrected chi connectivity index (χ0v) is 17.5. The number of nitrogens with zero attached hydrogens (tertiary/aromatic N) is 1. The van der Waals surface area contributed by atoms with Crippen molar-refractivity contribution in [3.8, 4) is 11.5 Å². The Hall–Kier alpha value is -3.02. The molecule has 4 rings (SSSR count). The van der Waals surface area contributed by atoms with Crippen molar-refractivity contribution in [2.45, 2.75) is 44.2 Å². The van der Waals surface area contributed by atoms with Gasteiger partial charge in [0.05, 0.1) is 14.2 Å². The van der Waals surface area contributed by atoms with E-state index >= 15 is 0 Å². The van der Waals surface area contributed by atoms with Gasteiger partial charge in [-0.25, -0.2) is 0 Å². The molecule has 0 radical (unpaired) electrons. The fourth-order valence-electron chi connectivity index (χ4n) is 4.86. The summed E-state index contributed by atoms with van der Waals surface area (Å²) >= 11 is 0. The van der Waals surface area contributed by atoms with Gasteiger partial charge in [0.25, 0.3) is 5.91 Å². The van der Waals surface area contributed by atoms with Crippen LogP contribution in [-0.2, 0) is 4.79 Å². The highest BCUT2D eigenvalue weighted by molar-refractivity contribution is 6.02. The molecule has 0 unspecified atom stereocenters. The molecule has 2 aromatic carbocycles. The molecule has 1 N–H and O–H groups in total. The van der Waals surface area contributed by atoms with Crippen LogP contribution in [-0.4, -0.2) is 43.0 Å². The number of amides is 2. The van der Waals surface area contributed by atoms with Gasteiger partial charge in [0.15, 0.2) is 11.5 Å². The van der Waals surface area contributed by atoms with Gasteiger partial charge in [-0.15, -0.1) is 0 Å². The fourth-order valence-corrected chi connectivity index (χ4v) is 4.86. The second kappa shape index (κ2) is 8.78. The standard InChI is InChI=1S/C24H28N2O4/c1-29-21-13-12-18(15-22(21)30-2)25-23(27)20-14-17-10-6-7-11-19(17)26(20)24(28)16-8-4-3-5-9-16/h3-5,8-9,12-13,15,17,19-20H,6-7,10-11,14H2,1-2H3,(H,25,27)/t17-,19+,20-/m0/s1. The maximum atomic E-state index is 13.4. The quantitative estimate of drug-likeness (QED) is 0.808. The first kappa shape index (κ1) is 20.3. The molecule has 1 heterocycles. The van der Waals surface area contributed by atoms with Gasteiger partial charge in [0, 0.05) is 23.4 Å². The number of carbonyl (C=O) groups is 2. The highest BCUT2D eigenvalue weighted by Crippen LogP contribution is 2.41. The molecule has 2 fully saturated rings. The summed E-state index contributed by atoms with van der Waals surface area (Å²) in [6.45, 7) is 0. The van der Waals surface area contributed by atoms with E-state index in [-0.39, 0.29) is 17.9 Å². The first-order valence-electron chi connectivity index (χ1n) is 10.5. The lowest BCUT2D eigenvalue weighted by molar-refractivity contribution is -0.120. The van der Waals surface area contributed by atoms with E-state index in [0.29, 0.717) is 35.1 Å². The number of carbonyl (C=O) groups excluding carboxylic acids is 2. The molecule has 0 bridgehead atoms. The van der Waals surface area contributed by atoms with E-state index in [2.05, 4.69) is 5.32 Å². The smallest absolute Gasteiger partial charge is 0.254 e. The number of likely N-dealkylation sites (tertiary alicyclic amines) is 1. The van der Waals surface area contributed by atoms with Crippen LogP contribution in [0.4, 0.5) is 5.69 Å². The largest absolute Gasteiger partial charge is 0.493 e. The molecule has 6 heteroatoms. The van der Waals surface area contributed by atoms with Gasteiger partial charge < -0.3 is 19.7 Å². The summed E-state index contributed by atoms with van der Waals surface area (Å²) in [5.74, 6) is 1.32. The summed E-state index contributed by atoms with van der Waals surface area (Å²) in [5, 5.41) is 2.99. The van der Waals surface area contributed by atoms with Gasteiger partial charge in [-0.05, 0) is 49.4 Å². The molecule has 30 heavy (non-hydrogen) atoms. The Labute approximate surface area is 177 Å². The van der Waals surface area contributed by atoms with Crippen molar-refractivity contribution >= 4 is 17.5 Å². The predicted molar refractivity (Wildman–Crippen MR) is 115 cm³/mol. The van der Waals surface area contributed by atoms with E-state index in [9.17, 15) is 9.59 Å².